The molecule has 7 fully saturated rings. The highest BCUT2D eigenvalue weighted by molar-refractivity contribution is 5.84. The minimum absolute atomic E-state index is 0.0447. The summed E-state index contributed by atoms with van der Waals surface area (Å²) in [6, 6.07) is 8.18. The number of hydrogen-bond donors (Lipinski definition) is 1. The van der Waals surface area contributed by atoms with Crippen LogP contribution in [0.15, 0.2) is 36.9 Å². The Bertz CT molecular complexity index is 1930. The third-order valence-electron chi connectivity index (χ3n) is 17.2. The second-order valence-electron chi connectivity index (χ2n) is 20.1. The van der Waals surface area contributed by atoms with E-state index in [0.717, 1.165) is 112 Å². The topological polar surface area (TPSA) is 124 Å². The van der Waals surface area contributed by atoms with Gasteiger partial charge in [0.1, 0.15) is 24.1 Å². The fraction of sp³-hybridized carbons (Fsp3) is 0.714. The number of hydrogen-bond acceptors (Lipinski definition) is 10. The van der Waals surface area contributed by atoms with Crippen molar-refractivity contribution in [3.8, 4) is 5.75 Å². The predicted molar refractivity (Wildman–Crippen MR) is 225 cm³/mol. The third kappa shape index (κ3) is 7.61. The number of esters is 3. The van der Waals surface area contributed by atoms with Crippen LogP contribution >= 0.6 is 0 Å². The van der Waals surface area contributed by atoms with Gasteiger partial charge in [0.2, 0.25) is 0 Å². The average molecular weight is 813 g/mol. The highest BCUT2D eigenvalue weighted by Gasteiger charge is 2.67. The maximum atomic E-state index is 12.9. The fourth-order valence-electron chi connectivity index (χ4n) is 14.4. The summed E-state index contributed by atoms with van der Waals surface area (Å²) in [5.41, 5.74) is 2.43. The summed E-state index contributed by atoms with van der Waals surface area (Å²) in [4.78, 5) is 45.3. The zero-order valence-corrected chi connectivity index (χ0v) is 36.5. The van der Waals surface area contributed by atoms with Crippen molar-refractivity contribution in [2.75, 3.05) is 20.2 Å². The standard InChI is InChI=1S/C49H68N2O8/c1-9-31-26-51-19-17-32(31)20-43(51)47(55)38-23-34(50-42-15-12-35(56-8)24-37(38)42)11-10-27(2)39-13-14-40-46-41(25-45(49(39,40)7)59-30(5)54)48(6)18-16-36(57-28(3)52)21-33(48)22-44(46)58-29(4)53/h9,12,15,23-24,27,31-33,36,39-41,43-47,55H,1,10-11,13-14,16-22,25-26H2,2-8H3/t27-,31+,32+,33+,36-,39-,40+,41+,43+,44-,45+,46+,47-,48+,49-/m1/s1. The molecule has 10 nitrogen and oxygen atoms in total. The molecule has 4 saturated carbocycles. The zero-order chi connectivity index (χ0) is 42.0. The Hall–Kier alpha value is -3.50. The Morgan fingerprint density at radius 2 is 1.73 bits per heavy atom. The summed E-state index contributed by atoms with van der Waals surface area (Å²) in [6.07, 6.45) is 10.7. The van der Waals surface area contributed by atoms with Gasteiger partial charge in [0.05, 0.1) is 18.7 Å². The van der Waals surface area contributed by atoms with Crippen molar-refractivity contribution in [2.24, 2.45) is 58.2 Å². The van der Waals surface area contributed by atoms with Crippen LogP contribution < -0.4 is 4.74 Å². The molecule has 2 aromatic rings. The molecular formula is C49H68N2O8. The first kappa shape index (κ1) is 42.2. The van der Waals surface area contributed by atoms with Crippen LogP contribution in [0.2, 0.25) is 0 Å². The summed E-state index contributed by atoms with van der Waals surface area (Å²) in [6.45, 7) is 17.7. The molecule has 3 aliphatic heterocycles. The molecule has 0 amide bonds. The molecule has 3 saturated heterocycles. The molecule has 7 aliphatic rings. The van der Waals surface area contributed by atoms with E-state index in [2.05, 4.69) is 44.4 Å². The van der Waals surface area contributed by atoms with Gasteiger partial charge in [0.25, 0.3) is 0 Å². The average Bonchev–Trinajstić information content (AvgIpc) is 3.57. The molecular weight excluding hydrogens is 745 g/mol. The van der Waals surface area contributed by atoms with E-state index in [1.807, 2.05) is 18.2 Å². The van der Waals surface area contributed by atoms with Gasteiger partial charge in [-0.2, -0.15) is 0 Å². The Morgan fingerprint density at radius 1 is 0.966 bits per heavy atom. The van der Waals surface area contributed by atoms with E-state index in [9.17, 15) is 19.5 Å². The van der Waals surface area contributed by atoms with Crippen LogP contribution in [-0.4, -0.2) is 77.5 Å². The highest BCUT2D eigenvalue weighted by Crippen LogP contribution is 2.69. The number of aryl methyl sites for hydroxylation is 1. The van der Waals surface area contributed by atoms with Gasteiger partial charge in [-0.05, 0) is 154 Å². The molecule has 0 spiro atoms. The molecule has 59 heavy (non-hydrogen) atoms. The maximum absolute atomic E-state index is 12.9. The van der Waals surface area contributed by atoms with Crippen molar-refractivity contribution < 1.29 is 38.4 Å². The molecule has 16 atom stereocenters. The SMILES string of the molecule is C=C[C@H]1CN2CC[C@H]1C[C@H]2[C@H](O)c1cc(CC[C@@H](C)[C@H]2CC[C@H]3[C@@H]4[C@H](OC(C)=O)C[C@@H]5C[C@H](OC(C)=O)CC[C@]5(C)[C@H]4C[C@H](OC(C)=O)[C@]23C)nc2ccc(OC)cc12. The van der Waals surface area contributed by atoms with Crippen molar-refractivity contribution in [3.63, 3.8) is 0 Å². The second-order valence-corrected chi connectivity index (χ2v) is 20.1. The normalized spacial score (nSPS) is 39.5. The zero-order valence-electron chi connectivity index (χ0n) is 36.5. The summed E-state index contributed by atoms with van der Waals surface area (Å²) < 4.78 is 24.1. The van der Waals surface area contributed by atoms with Gasteiger partial charge in [0, 0.05) is 55.8 Å². The molecule has 1 N–H and O–H groups in total. The van der Waals surface area contributed by atoms with Crippen LogP contribution in [0.3, 0.4) is 0 Å². The second kappa shape index (κ2) is 16.4. The van der Waals surface area contributed by atoms with E-state index in [1.165, 1.54) is 20.8 Å². The number of nitrogens with zero attached hydrogens (tertiary/aromatic N) is 2. The van der Waals surface area contributed by atoms with E-state index >= 15 is 0 Å². The molecule has 322 valence electrons. The van der Waals surface area contributed by atoms with Gasteiger partial charge < -0.3 is 24.1 Å². The smallest absolute Gasteiger partial charge is 0.302 e. The lowest BCUT2D eigenvalue weighted by atomic mass is 9.43. The van der Waals surface area contributed by atoms with Gasteiger partial charge in [-0.15, -0.1) is 6.58 Å². The van der Waals surface area contributed by atoms with Crippen LogP contribution in [-0.2, 0) is 35.0 Å². The number of carbonyl (C=O) groups is 3. The number of rotatable bonds is 11. The number of pyridine rings is 1. The number of ether oxygens (including phenoxy) is 4. The van der Waals surface area contributed by atoms with E-state index < -0.39 is 6.10 Å². The van der Waals surface area contributed by atoms with Gasteiger partial charge in [-0.3, -0.25) is 24.3 Å². The lowest BCUT2D eigenvalue weighted by Crippen LogP contribution is -2.63. The predicted octanol–water partition coefficient (Wildman–Crippen LogP) is 8.42. The van der Waals surface area contributed by atoms with Crippen LogP contribution in [0, 0.1) is 58.2 Å². The van der Waals surface area contributed by atoms with Crippen LogP contribution in [0.1, 0.15) is 123 Å². The number of benzene rings is 1. The Labute approximate surface area is 351 Å². The Morgan fingerprint density at radius 3 is 2.41 bits per heavy atom. The van der Waals surface area contributed by atoms with Crippen molar-refractivity contribution in [1.82, 2.24) is 9.88 Å². The van der Waals surface area contributed by atoms with Crippen molar-refractivity contribution in [3.05, 3.63) is 48.2 Å². The number of piperidine rings is 3. The monoisotopic (exact) mass is 812 g/mol. The lowest BCUT2D eigenvalue weighted by Gasteiger charge is -2.64. The third-order valence-corrected chi connectivity index (χ3v) is 17.2. The fourth-order valence-corrected chi connectivity index (χ4v) is 14.4. The number of aromatic nitrogens is 1. The summed E-state index contributed by atoms with van der Waals surface area (Å²) in [5.74, 6) is 2.45. The number of aliphatic hydroxyl groups excluding tert-OH is 1. The number of aliphatic hydroxyl groups is 1. The molecule has 9 rings (SSSR count). The first-order valence-electron chi connectivity index (χ1n) is 22.7. The lowest BCUT2D eigenvalue weighted by molar-refractivity contribution is -0.224. The summed E-state index contributed by atoms with van der Waals surface area (Å²) >= 11 is 0. The highest BCUT2D eigenvalue weighted by atomic mass is 16.6. The molecule has 4 aliphatic carbocycles. The summed E-state index contributed by atoms with van der Waals surface area (Å²) in [7, 11) is 1.67. The number of carbonyl (C=O) groups excluding carboxylic acids is 3. The van der Waals surface area contributed by atoms with Crippen LogP contribution in [0.5, 0.6) is 5.75 Å². The van der Waals surface area contributed by atoms with Gasteiger partial charge in [0.15, 0.2) is 0 Å². The molecule has 10 heteroatoms. The minimum atomic E-state index is -0.648. The summed E-state index contributed by atoms with van der Waals surface area (Å²) in [5, 5.41) is 13.1. The largest absolute Gasteiger partial charge is 0.497 e. The maximum Gasteiger partial charge on any atom is 0.302 e. The Balaban J connectivity index is 1.06. The van der Waals surface area contributed by atoms with Crippen LogP contribution in [0.4, 0.5) is 0 Å². The molecule has 2 bridgehead atoms. The van der Waals surface area contributed by atoms with Crippen molar-refractivity contribution in [2.45, 2.75) is 143 Å². The minimum Gasteiger partial charge on any atom is -0.497 e. The van der Waals surface area contributed by atoms with Crippen LogP contribution in [0.25, 0.3) is 10.9 Å². The molecule has 1 aromatic carbocycles. The molecule has 4 heterocycles. The van der Waals surface area contributed by atoms with E-state index in [0.29, 0.717) is 23.7 Å². The van der Waals surface area contributed by atoms with E-state index in [1.54, 1.807) is 7.11 Å². The van der Waals surface area contributed by atoms with Crippen molar-refractivity contribution >= 4 is 28.8 Å². The number of fused-ring (bicyclic) bond motifs is 9. The van der Waals surface area contributed by atoms with Crippen molar-refractivity contribution in [1.29, 1.82) is 0 Å². The number of methoxy groups -OCH3 is 1. The van der Waals surface area contributed by atoms with E-state index in [4.69, 9.17) is 23.9 Å². The molecule has 0 radical (unpaired) electrons. The van der Waals surface area contributed by atoms with Gasteiger partial charge >= 0.3 is 17.9 Å². The first-order valence-corrected chi connectivity index (χ1v) is 22.7. The molecule has 1 aromatic heterocycles. The first-order chi connectivity index (χ1) is 28.1. The quantitative estimate of drug-likeness (QED) is 0.134. The van der Waals surface area contributed by atoms with Gasteiger partial charge in [-0.1, -0.05) is 26.8 Å². The van der Waals surface area contributed by atoms with E-state index in [-0.39, 0.29) is 76.8 Å². The van der Waals surface area contributed by atoms with Gasteiger partial charge in [-0.25, -0.2) is 0 Å². The molecule has 1 unspecified atom stereocenters. The Kier molecular flexibility index (Phi) is 11.7.